The summed E-state index contributed by atoms with van der Waals surface area (Å²) in [4.78, 5) is 11.0. The lowest BCUT2D eigenvalue weighted by atomic mass is 10.1. The molecule has 0 heterocycles. The van der Waals surface area contributed by atoms with Gasteiger partial charge in [0.2, 0.25) is 0 Å². The Hall–Kier alpha value is -1.91. The predicted octanol–water partition coefficient (Wildman–Crippen LogP) is 4.01. The van der Waals surface area contributed by atoms with Gasteiger partial charge in [-0.25, -0.2) is 4.79 Å². The standard InChI is InChI=1S/C14H11Cl2NO3/c15-9-1-4-13(18)8(5-9)7-17-10-2-3-12(16)11(6-10)14(19)20/h1-6,17-18H,7H2,(H,19,20). The van der Waals surface area contributed by atoms with Crippen molar-refractivity contribution in [2.45, 2.75) is 6.54 Å². The second kappa shape index (κ2) is 6.03. The van der Waals surface area contributed by atoms with Gasteiger partial charge in [0, 0.05) is 22.8 Å². The summed E-state index contributed by atoms with van der Waals surface area (Å²) in [6.45, 7) is 0.313. The summed E-state index contributed by atoms with van der Waals surface area (Å²) in [5.41, 5.74) is 1.22. The molecule has 0 aliphatic heterocycles. The van der Waals surface area contributed by atoms with Gasteiger partial charge in [-0.2, -0.15) is 0 Å². The van der Waals surface area contributed by atoms with Gasteiger partial charge in [-0.15, -0.1) is 0 Å². The SMILES string of the molecule is O=C(O)c1cc(NCc2cc(Cl)ccc2O)ccc1Cl. The first-order valence-corrected chi connectivity index (χ1v) is 6.47. The molecule has 0 aromatic heterocycles. The number of aromatic hydroxyl groups is 1. The van der Waals surface area contributed by atoms with Crippen molar-refractivity contribution in [1.82, 2.24) is 0 Å². The fourth-order valence-electron chi connectivity index (χ4n) is 1.69. The van der Waals surface area contributed by atoms with Crippen molar-refractivity contribution in [3.8, 4) is 5.75 Å². The van der Waals surface area contributed by atoms with Crippen LogP contribution in [-0.2, 0) is 6.54 Å². The van der Waals surface area contributed by atoms with E-state index in [1.807, 2.05) is 0 Å². The fraction of sp³-hybridized carbons (Fsp3) is 0.0714. The van der Waals surface area contributed by atoms with Crippen LogP contribution in [0.25, 0.3) is 0 Å². The van der Waals surface area contributed by atoms with Crippen molar-refractivity contribution in [1.29, 1.82) is 0 Å². The van der Waals surface area contributed by atoms with Gasteiger partial charge in [0.1, 0.15) is 5.75 Å². The highest BCUT2D eigenvalue weighted by Crippen LogP contribution is 2.24. The van der Waals surface area contributed by atoms with Crippen molar-refractivity contribution in [2.75, 3.05) is 5.32 Å². The number of benzene rings is 2. The summed E-state index contributed by atoms with van der Waals surface area (Å²) in [5.74, 6) is -0.974. The van der Waals surface area contributed by atoms with Crippen molar-refractivity contribution in [2.24, 2.45) is 0 Å². The summed E-state index contributed by atoms with van der Waals surface area (Å²) in [7, 11) is 0. The van der Waals surface area contributed by atoms with E-state index < -0.39 is 5.97 Å². The number of carbonyl (C=O) groups is 1. The van der Waals surface area contributed by atoms with Crippen molar-refractivity contribution >= 4 is 34.9 Å². The third-order valence-electron chi connectivity index (χ3n) is 2.72. The van der Waals surface area contributed by atoms with Gasteiger partial charge >= 0.3 is 5.97 Å². The van der Waals surface area contributed by atoms with Crippen LogP contribution in [0, 0.1) is 0 Å². The zero-order chi connectivity index (χ0) is 14.7. The van der Waals surface area contributed by atoms with Crippen molar-refractivity contribution < 1.29 is 15.0 Å². The molecule has 0 saturated carbocycles. The Labute approximate surface area is 125 Å². The van der Waals surface area contributed by atoms with Crippen LogP contribution in [0.5, 0.6) is 5.75 Å². The molecule has 0 aliphatic carbocycles. The van der Waals surface area contributed by atoms with Gasteiger partial charge in [0.05, 0.1) is 10.6 Å². The van der Waals surface area contributed by atoms with Crippen molar-refractivity contribution in [3.05, 3.63) is 57.6 Å². The number of phenols is 1. The number of aromatic carboxylic acids is 1. The number of rotatable bonds is 4. The lowest BCUT2D eigenvalue weighted by Gasteiger charge is -2.10. The Kier molecular flexibility index (Phi) is 4.37. The van der Waals surface area contributed by atoms with Crippen molar-refractivity contribution in [3.63, 3.8) is 0 Å². The number of anilines is 1. The summed E-state index contributed by atoms with van der Waals surface area (Å²) in [6.07, 6.45) is 0. The highest BCUT2D eigenvalue weighted by atomic mass is 35.5. The maximum atomic E-state index is 11.0. The molecule has 0 atom stereocenters. The molecule has 6 heteroatoms. The second-order valence-corrected chi connectivity index (χ2v) is 4.97. The highest BCUT2D eigenvalue weighted by Gasteiger charge is 2.09. The smallest absolute Gasteiger partial charge is 0.337 e. The monoisotopic (exact) mass is 311 g/mol. The molecule has 0 spiro atoms. The zero-order valence-electron chi connectivity index (χ0n) is 10.2. The first-order valence-electron chi connectivity index (χ1n) is 5.71. The lowest BCUT2D eigenvalue weighted by Crippen LogP contribution is -2.03. The average molecular weight is 312 g/mol. The highest BCUT2D eigenvalue weighted by molar-refractivity contribution is 6.33. The molecule has 4 nitrogen and oxygen atoms in total. The maximum Gasteiger partial charge on any atom is 0.337 e. The Morgan fingerprint density at radius 1 is 1.15 bits per heavy atom. The molecular weight excluding hydrogens is 301 g/mol. The molecule has 0 aliphatic rings. The van der Waals surface area contributed by atoms with E-state index in [0.717, 1.165) is 0 Å². The zero-order valence-corrected chi connectivity index (χ0v) is 11.7. The summed E-state index contributed by atoms with van der Waals surface area (Å²) in [5, 5.41) is 22.4. The Balaban J connectivity index is 2.17. The number of hydrogen-bond donors (Lipinski definition) is 3. The maximum absolute atomic E-state index is 11.0. The first kappa shape index (κ1) is 14.5. The number of nitrogens with one attached hydrogen (secondary N) is 1. The van der Waals surface area contributed by atoms with Crippen LogP contribution in [0.1, 0.15) is 15.9 Å². The minimum absolute atomic E-state index is 0.0204. The Bertz CT molecular complexity index is 659. The predicted molar refractivity (Wildman–Crippen MR) is 78.9 cm³/mol. The van der Waals surface area contributed by atoms with Gasteiger partial charge in [0.15, 0.2) is 0 Å². The van der Waals surface area contributed by atoms with E-state index >= 15 is 0 Å². The molecule has 0 bridgehead atoms. The fourth-order valence-corrected chi connectivity index (χ4v) is 2.09. The molecule has 0 radical (unpaired) electrons. The van der Waals surface area contributed by atoms with E-state index in [4.69, 9.17) is 28.3 Å². The minimum Gasteiger partial charge on any atom is -0.508 e. The van der Waals surface area contributed by atoms with Gasteiger partial charge in [-0.05, 0) is 36.4 Å². The molecule has 2 rings (SSSR count). The third kappa shape index (κ3) is 3.35. The second-order valence-electron chi connectivity index (χ2n) is 4.13. The van der Waals surface area contributed by atoms with Crippen LogP contribution >= 0.6 is 23.2 Å². The van der Waals surface area contributed by atoms with E-state index in [1.165, 1.54) is 18.2 Å². The molecule has 0 fully saturated rings. The minimum atomic E-state index is -1.09. The first-order chi connectivity index (χ1) is 9.47. The van der Waals surface area contributed by atoms with E-state index in [1.54, 1.807) is 18.2 Å². The number of carboxylic acid groups (broad SMARTS) is 1. The van der Waals surface area contributed by atoms with Gasteiger partial charge in [-0.1, -0.05) is 23.2 Å². The number of carboxylic acids is 1. The number of hydrogen-bond acceptors (Lipinski definition) is 3. The molecule has 2 aromatic rings. The van der Waals surface area contributed by atoms with Crippen LogP contribution in [0.2, 0.25) is 10.0 Å². The van der Waals surface area contributed by atoms with Gasteiger partial charge in [0.25, 0.3) is 0 Å². The molecule has 104 valence electrons. The summed E-state index contributed by atoms with van der Waals surface area (Å²) < 4.78 is 0. The molecule has 0 amide bonds. The lowest BCUT2D eigenvalue weighted by molar-refractivity contribution is 0.0697. The Morgan fingerprint density at radius 2 is 1.90 bits per heavy atom. The van der Waals surface area contributed by atoms with Gasteiger partial charge < -0.3 is 15.5 Å². The molecule has 0 saturated heterocycles. The topological polar surface area (TPSA) is 69.6 Å². The summed E-state index contributed by atoms with van der Waals surface area (Å²) in [6, 6.07) is 9.33. The van der Waals surface area contributed by atoms with Crippen LogP contribution in [0.3, 0.4) is 0 Å². The Morgan fingerprint density at radius 3 is 2.60 bits per heavy atom. The molecule has 0 unspecified atom stereocenters. The van der Waals surface area contributed by atoms with Crippen LogP contribution < -0.4 is 5.32 Å². The third-order valence-corrected chi connectivity index (χ3v) is 3.29. The van der Waals surface area contributed by atoms with E-state index in [-0.39, 0.29) is 16.3 Å². The number of phenolic OH excluding ortho intramolecular Hbond substituents is 1. The average Bonchev–Trinajstić information content (AvgIpc) is 2.41. The molecule has 2 aromatic carbocycles. The quantitative estimate of drug-likeness (QED) is 0.798. The van der Waals surface area contributed by atoms with Crippen LogP contribution in [0.15, 0.2) is 36.4 Å². The van der Waals surface area contributed by atoms with Gasteiger partial charge in [-0.3, -0.25) is 0 Å². The summed E-state index contributed by atoms with van der Waals surface area (Å²) >= 11 is 11.6. The number of halogens is 2. The molecule has 3 N–H and O–H groups in total. The molecular formula is C14H11Cl2NO3. The van der Waals surface area contributed by atoms with E-state index in [9.17, 15) is 9.90 Å². The molecule has 20 heavy (non-hydrogen) atoms. The van der Waals surface area contributed by atoms with E-state index in [2.05, 4.69) is 5.32 Å². The van der Waals surface area contributed by atoms with Crippen LogP contribution in [0.4, 0.5) is 5.69 Å². The normalized spacial score (nSPS) is 10.3. The van der Waals surface area contributed by atoms with E-state index in [0.29, 0.717) is 22.8 Å². The largest absolute Gasteiger partial charge is 0.508 e. The van der Waals surface area contributed by atoms with Crippen LogP contribution in [-0.4, -0.2) is 16.2 Å².